The highest BCUT2D eigenvalue weighted by atomic mass is 79.9. The Kier molecular flexibility index (Phi) is 4.91. The summed E-state index contributed by atoms with van der Waals surface area (Å²) in [6.07, 6.45) is 0. The molecular weight excluding hydrogens is 306 g/mol. The maximum Gasteiger partial charge on any atom is 0.150 e. The molecule has 0 aliphatic carbocycles. The zero-order valence-corrected chi connectivity index (χ0v) is 11.5. The van der Waals surface area contributed by atoms with Gasteiger partial charge in [0.15, 0.2) is 0 Å². The van der Waals surface area contributed by atoms with Crippen molar-refractivity contribution in [1.82, 2.24) is 4.90 Å². The second-order valence-corrected chi connectivity index (χ2v) is 5.04. The molecule has 0 aromatic heterocycles. The molecule has 1 aliphatic rings. The molecule has 18 heavy (non-hydrogen) atoms. The molecule has 6 heteroatoms. The smallest absolute Gasteiger partial charge is 0.150 e. The summed E-state index contributed by atoms with van der Waals surface area (Å²) >= 11 is 3.05. The summed E-state index contributed by atoms with van der Waals surface area (Å²) < 4.78 is 32.6. The summed E-state index contributed by atoms with van der Waals surface area (Å²) in [6.45, 7) is 4.44. The largest absolute Gasteiger partial charge is 0.379 e. The van der Waals surface area contributed by atoms with Gasteiger partial charge in [-0.25, -0.2) is 8.78 Å². The van der Waals surface area contributed by atoms with E-state index in [4.69, 9.17) is 4.74 Å². The number of nitrogens with zero attached hydrogens (tertiary/aromatic N) is 1. The Morgan fingerprint density at radius 1 is 1.22 bits per heavy atom. The lowest BCUT2D eigenvalue weighted by molar-refractivity contribution is 0.0398. The fourth-order valence-electron chi connectivity index (χ4n) is 1.87. The summed E-state index contributed by atoms with van der Waals surface area (Å²) in [5.74, 6) is -1.16. The first kappa shape index (κ1) is 13.7. The van der Waals surface area contributed by atoms with E-state index in [1.54, 1.807) is 0 Å². The molecule has 0 spiro atoms. The average Bonchev–Trinajstić information content (AvgIpc) is 2.34. The molecule has 1 aromatic carbocycles. The van der Waals surface area contributed by atoms with Gasteiger partial charge < -0.3 is 10.1 Å². The van der Waals surface area contributed by atoms with Gasteiger partial charge in [0.2, 0.25) is 0 Å². The molecule has 1 N–H and O–H groups in total. The monoisotopic (exact) mass is 320 g/mol. The summed E-state index contributed by atoms with van der Waals surface area (Å²) in [6, 6.07) is 2.50. The molecule has 0 amide bonds. The number of hydrogen-bond acceptors (Lipinski definition) is 3. The van der Waals surface area contributed by atoms with Crippen molar-refractivity contribution in [3.05, 3.63) is 28.2 Å². The first-order valence-electron chi connectivity index (χ1n) is 5.85. The van der Waals surface area contributed by atoms with Crippen LogP contribution in [0.2, 0.25) is 0 Å². The molecule has 0 radical (unpaired) electrons. The second kappa shape index (κ2) is 6.45. The van der Waals surface area contributed by atoms with Gasteiger partial charge in [-0.3, -0.25) is 4.90 Å². The Labute approximate surface area is 113 Å². The van der Waals surface area contributed by atoms with Gasteiger partial charge in [0.25, 0.3) is 0 Å². The van der Waals surface area contributed by atoms with Crippen molar-refractivity contribution in [1.29, 1.82) is 0 Å². The van der Waals surface area contributed by atoms with E-state index >= 15 is 0 Å². The van der Waals surface area contributed by atoms with Crippen molar-refractivity contribution in [2.45, 2.75) is 0 Å². The van der Waals surface area contributed by atoms with Crippen LogP contribution in [0.5, 0.6) is 0 Å². The van der Waals surface area contributed by atoms with E-state index in [9.17, 15) is 8.78 Å². The van der Waals surface area contributed by atoms with E-state index in [1.165, 1.54) is 12.1 Å². The maximum absolute atomic E-state index is 13.5. The fourth-order valence-corrected chi connectivity index (χ4v) is 2.28. The highest BCUT2D eigenvalue weighted by molar-refractivity contribution is 9.10. The molecule has 3 nitrogen and oxygen atoms in total. The van der Waals surface area contributed by atoms with E-state index in [1.807, 2.05) is 0 Å². The number of hydrogen-bond donors (Lipinski definition) is 1. The molecule has 2 rings (SSSR count). The van der Waals surface area contributed by atoms with E-state index in [-0.39, 0.29) is 5.69 Å². The van der Waals surface area contributed by atoms with Gasteiger partial charge >= 0.3 is 0 Å². The van der Waals surface area contributed by atoms with Crippen LogP contribution in [-0.2, 0) is 4.74 Å². The summed E-state index contributed by atoms with van der Waals surface area (Å²) in [4.78, 5) is 2.20. The minimum Gasteiger partial charge on any atom is -0.379 e. The van der Waals surface area contributed by atoms with Crippen LogP contribution >= 0.6 is 15.9 Å². The minimum atomic E-state index is -0.580. The lowest BCUT2D eigenvalue weighted by Crippen LogP contribution is -2.39. The minimum absolute atomic E-state index is 0.0635. The highest BCUT2D eigenvalue weighted by Gasteiger charge is 2.12. The van der Waals surface area contributed by atoms with Crippen LogP contribution in [0.3, 0.4) is 0 Å². The molecule has 0 saturated carbocycles. The zero-order chi connectivity index (χ0) is 13.0. The second-order valence-electron chi connectivity index (χ2n) is 4.13. The molecule has 1 fully saturated rings. The first-order chi connectivity index (χ1) is 8.66. The quantitative estimate of drug-likeness (QED) is 0.922. The molecular formula is C12H15BrF2N2O. The van der Waals surface area contributed by atoms with Gasteiger partial charge in [-0.15, -0.1) is 0 Å². The van der Waals surface area contributed by atoms with Crippen LogP contribution in [0.15, 0.2) is 16.6 Å². The van der Waals surface area contributed by atoms with Gasteiger partial charge in [0.05, 0.1) is 13.2 Å². The topological polar surface area (TPSA) is 24.5 Å². The van der Waals surface area contributed by atoms with Gasteiger partial charge in [-0.2, -0.15) is 0 Å². The Bertz CT molecular complexity index is 388. The number of ether oxygens (including phenoxy) is 1. The van der Waals surface area contributed by atoms with Crippen LogP contribution in [0, 0.1) is 11.6 Å². The maximum atomic E-state index is 13.5. The molecule has 0 unspecified atom stereocenters. The zero-order valence-electron chi connectivity index (χ0n) is 9.89. The SMILES string of the molecule is Fc1cc(Br)cc(F)c1NCCN1CCOCC1. The number of benzene rings is 1. The third kappa shape index (κ3) is 3.63. The number of morpholine rings is 1. The van der Waals surface area contributed by atoms with Crippen molar-refractivity contribution in [3.63, 3.8) is 0 Å². The molecule has 1 aromatic rings. The summed E-state index contributed by atoms with van der Waals surface area (Å²) in [5, 5.41) is 2.80. The molecule has 100 valence electrons. The Morgan fingerprint density at radius 3 is 2.44 bits per heavy atom. The van der Waals surface area contributed by atoms with E-state index in [0.717, 1.165) is 32.8 Å². The van der Waals surface area contributed by atoms with E-state index in [2.05, 4.69) is 26.1 Å². The van der Waals surface area contributed by atoms with E-state index in [0.29, 0.717) is 11.0 Å². The predicted molar refractivity (Wildman–Crippen MR) is 69.8 cm³/mol. The molecule has 1 heterocycles. The van der Waals surface area contributed by atoms with E-state index < -0.39 is 11.6 Å². The Balaban J connectivity index is 1.86. The summed E-state index contributed by atoms with van der Waals surface area (Å²) in [5.41, 5.74) is -0.0635. The Morgan fingerprint density at radius 2 is 1.83 bits per heavy atom. The predicted octanol–water partition coefficient (Wildman–Crippen LogP) is 2.47. The van der Waals surface area contributed by atoms with Crippen LogP contribution in [0.1, 0.15) is 0 Å². The average molecular weight is 321 g/mol. The van der Waals surface area contributed by atoms with Crippen molar-refractivity contribution in [2.24, 2.45) is 0 Å². The Hall–Kier alpha value is -0.720. The van der Waals surface area contributed by atoms with Crippen molar-refractivity contribution >= 4 is 21.6 Å². The van der Waals surface area contributed by atoms with Crippen molar-refractivity contribution in [2.75, 3.05) is 44.7 Å². The third-order valence-electron chi connectivity index (χ3n) is 2.84. The normalized spacial score (nSPS) is 16.8. The van der Waals surface area contributed by atoms with Crippen LogP contribution < -0.4 is 5.32 Å². The van der Waals surface area contributed by atoms with Crippen molar-refractivity contribution < 1.29 is 13.5 Å². The molecule has 0 bridgehead atoms. The lowest BCUT2D eigenvalue weighted by Gasteiger charge is -2.26. The number of anilines is 1. The standard InChI is InChI=1S/C12H15BrF2N2O/c13-9-7-10(14)12(11(15)8-9)16-1-2-17-3-5-18-6-4-17/h7-8,16H,1-6H2. The van der Waals surface area contributed by atoms with Crippen LogP contribution in [0.25, 0.3) is 0 Å². The molecule has 1 saturated heterocycles. The van der Waals surface area contributed by atoms with Gasteiger partial charge in [-0.1, -0.05) is 15.9 Å². The van der Waals surface area contributed by atoms with Gasteiger partial charge in [0.1, 0.15) is 17.3 Å². The number of nitrogens with one attached hydrogen (secondary N) is 1. The highest BCUT2D eigenvalue weighted by Crippen LogP contribution is 2.23. The third-order valence-corrected chi connectivity index (χ3v) is 3.30. The first-order valence-corrected chi connectivity index (χ1v) is 6.64. The molecule has 0 atom stereocenters. The summed E-state index contributed by atoms with van der Waals surface area (Å²) in [7, 11) is 0. The van der Waals surface area contributed by atoms with Crippen LogP contribution in [-0.4, -0.2) is 44.3 Å². The van der Waals surface area contributed by atoms with Gasteiger partial charge in [-0.05, 0) is 12.1 Å². The van der Waals surface area contributed by atoms with Crippen molar-refractivity contribution in [3.8, 4) is 0 Å². The number of halogens is 3. The fraction of sp³-hybridized carbons (Fsp3) is 0.500. The number of rotatable bonds is 4. The van der Waals surface area contributed by atoms with Gasteiger partial charge in [0, 0.05) is 30.7 Å². The molecule has 1 aliphatic heterocycles. The van der Waals surface area contributed by atoms with Crippen LogP contribution in [0.4, 0.5) is 14.5 Å². The lowest BCUT2D eigenvalue weighted by atomic mass is 10.3.